The summed E-state index contributed by atoms with van der Waals surface area (Å²) in [6.07, 6.45) is 0. The summed E-state index contributed by atoms with van der Waals surface area (Å²) >= 11 is 0. The van der Waals surface area contributed by atoms with E-state index in [0.29, 0.717) is 11.1 Å². The minimum atomic E-state index is -3.82. The Morgan fingerprint density at radius 2 is 1.93 bits per heavy atom. The molecule has 0 radical (unpaired) electrons. The normalized spacial score (nSPS) is 20.1. The van der Waals surface area contributed by atoms with Crippen molar-refractivity contribution < 1.29 is 22.7 Å². The second-order valence-electron chi connectivity index (χ2n) is 6.58. The van der Waals surface area contributed by atoms with E-state index in [2.05, 4.69) is 10.6 Å². The van der Waals surface area contributed by atoms with Crippen LogP contribution in [0.1, 0.15) is 13.8 Å². The number of carbonyl (C=O) groups excluding carboxylic acids is 2. The highest BCUT2D eigenvalue weighted by Gasteiger charge is 2.38. The number of sulfonamides is 1. The Morgan fingerprint density at radius 1 is 1.21 bits per heavy atom. The van der Waals surface area contributed by atoms with Gasteiger partial charge in [-0.2, -0.15) is 0 Å². The number of ether oxygens (including phenoxy) is 1. The first kappa shape index (κ1) is 18.3. The SMILES string of the molecule is CCOC(=O)C1=C(CN2c3cccc4cccc(c34)S2(=O)=O)NC(=O)NC1C. The number of carbonyl (C=O) groups is 2. The molecule has 2 aromatic carbocycles. The number of nitrogens with one attached hydrogen (secondary N) is 2. The van der Waals surface area contributed by atoms with Crippen molar-refractivity contribution in [3.63, 3.8) is 0 Å². The molecule has 9 heteroatoms. The zero-order valence-electron chi connectivity index (χ0n) is 15.4. The summed E-state index contributed by atoms with van der Waals surface area (Å²) < 4.78 is 32.6. The number of nitrogens with zero attached hydrogens (tertiary/aromatic N) is 1. The van der Waals surface area contributed by atoms with Crippen molar-refractivity contribution in [3.05, 3.63) is 47.7 Å². The summed E-state index contributed by atoms with van der Waals surface area (Å²) in [4.78, 5) is 24.6. The number of amides is 2. The first-order valence-electron chi connectivity index (χ1n) is 8.86. The quantitative estimate of drug-likeness (QED) is 0.761. The molecule has 2 aliphatic heterocycles. The van der Waals surface area contributed by atoms with Crippen LogP contribution in [0.5, 0.6) is 0 Å². The van der Waals surface area contributed by atoms with Gasteiger partial charge in [0.2, 0.25) is 0 Å². The highest BCUT2D eigenvalue weighted by Crippen LogP contribution is 2.42. The molecular formula is C19H19N3O5S. The van der Waals surface area contributed by atoms with Crippen LogP contribution >= 0.6 is 0 Å². The van der Waals surface area contributed by atoms with Crippen LogP contribution in [0.25, 0.3) is 10.8 Å². The molecule has 28 heavy (non-hydrogen) atoms. The van der Waals surface area contributed by atoms with Gasteiger partial charge in [-0.3, -0.25) is 4.31 Å². The van der Waals surface area contributed by atoms with E-state index in [1.165, 1.54) is 4.31 Å². The standard InChI is InChI=1S/C19H19N3O5S/c1-3-27-18(23)16-11(2)20-19(24)21-13(16)10-22-14-8-4-6-12-7-5-9-15(17(12)14)28(22,25)26/h4-9,11H,3,10H2,1-2H3,(H2,20,21,24). The van der Waals surface area contributed by atoms with Gasteiger partial charge in [-0.05, 0) is 31.4 Å². The van der Waals surface area contributed by atoms with Gasteiger partial charge in [0.25, 0.3) is 10.0 Å². The molecule has 2 amide bonds. The first-order valence-corrected chi connectivity index (χ1v) is 10.3. The van der Waals surface area contributed by atoms with E-state index in [9.17, 15) is 18.0 Å². The minimum Gasteiger partial charge on any atom is -0.463 e. The minimum absolute atomic E-state index is 0.170. The van der Waals surface area contributed by atoms with Gasteiger partial charge in [-0.15, -0.1) is 0 Å². The number of hydrogen-bond donors (Lipinski definition) is 2. The highest BCUT2D eigenvalue weighted by atomic mass is 32.2. The molecular weight excluding hydrogens is 382 g/mol. The number of urea groups is 1. The molecule has 1 atom stereocenters. The van der Waals surface area contributed by atoms with Gasteiger partial charge < -0.3 is 15.4 Å². The van der Waals surface area contributed by atoms with Crippen LogP contribution < -0.4 is 14.9 Å². The maximum atomic E-state index is 13.2. The molecule has 8 nitrogen and oxygen atoms in total. The van der Waals surface area contributed by atoms with Crippen molar-refractivity contribution >= 4 is 38.5 Å². The lowest BCUT2D eigenvalue weighted by atomic mass is 10.0. The number of hydrogen-bond acceptors (Lipinski definition) is 5. The number of benzene rings is 2. The summed E-state index contributed by atoms with van der Waals surface area (Å²) in [5, 5.41) is 6.63. The smallest absolute Gasteiger partial charge is 0.337 e. The molecule has 2 N–H and O–H groups in total. The molecule has 4 rings (SSSR count). The Morgan fingerprint density at radius 3 is 2.64 bits per heavy atom. The topological polar surface area (TPSA) is 105 Å². The van der Waals surface area contributed by atoms with Crippen LogP contribution in [-0.2, 0) is 19.6 Å². The van der Waals surface area contributed by atoms with E-state index in [0.717, 1.165) is 5.39 Å². The summed E-state index contributed by atoms with van der Waals surface area (Å²) in [5.74, 6) is -0.593. The lowest BCUT2D eigenvalue weighted by molar-refractivity contribution is -0.139. The Kier molecular flexibility index (Phi) is 4.26. The van der Waals surface area contributed by atoms with Crippen LogP contribution in [0.4, 0.5) is 10.5 Å². The van der Waals surface area contributed by atoms with E-state index in [1.54, 1.807) is 38.1 Å². The summed E-state index contributed by atoms with van der Waals surface area (Å²) in [6.45, 7) is 3.32. The Labute approximate surface area is 162 Å². The second kappa shape index (κ2) is 6.52. The molecule has 0 saturated heterocycles. The largest absolute Gasteiger partial charge is 0.463 e. The van der Waals surface area contributed by atoms with E-state index < -0.39 is 28.1 Å². The third kappa shape index (κ3) is 2.70. The van der Waals surface area contributed by atoms with Crippen LogP contribution in [0.3, 0.4) is 0 Å². The number of anilines is 1. The molecule has 2 heterocycles. The van der Waals surface area contributed by atoms with Crippen LogP contribution in [0.15, 0.2) is 52.6 Å². The lowest BCUT2D eigenvalue weighted by Gasteiger charge is -2.29. The average molecular weight is 401 g/mol. The first-order chi connectivity index (χ1) is 13.3. The van der Waals surface area contributed by atoms with Crippen molar-refractivity contribution in [2.45, 2.75) is 24.8 Å². The molecule has 0 spiro atoms. The van der Waals surface area contributed by atoms with Crippen molar-refractivity contribution in [2.75, 3.05) is 17.5 Å². The third-order valence-electron chi connectivity index (χ3n) is 4.85. The van der Waals surface area contributed by atoms with Gasteiger partial charge in [0.15, 0.2) is 0 Å². The van der Waals surface area contributed by atoms with Crippen molar-refractivity contribution in [2.24, 2.45) is 0 Å². The average Bonchev–Trinajstić information content (AvgIpc) is 2.85. The fourth-order valence-corrected chi connectivity index (χ4v) is 5.35. The van der Waals surface area contributed by atoms with Crippen molar-refractivity contribution in [1.29, 1.82) is 0 Å². The molecule has 2 aliphatic rings. The van der Waals surface area contributed by atoms with Crippen molar-refractivity contribution in [3.8, 4) is 0 Å². The molecule has 2 aromatic rings. The summed E-state index contributed by atoms with van der Waals surface area (Å²) in [6, 6.07) is 9.34. The predicted molar refractivity (Wildman–Crippen MR) is 103 cm³/mol. The number of rotatable bonds is 4. The Balaban J connectivity index is 1.84. The zero-order valence-corrected chi connectivity index (χ0v) is 16.2. The third-order valence-corrected chi connectivity index (χ3v) is 6.65. The lowest BCUT2D eigenvalue weighted by Crippen LogP contribution is -2.51. The van der Waals surface area contributed by atoms with Gasteiger partial charge in [0.05, 0.1) is 41.0 Å². The number of esters is 1. The molecule has 0 aromatic heterocycles. The molecule has 146 valence electrons. The van der Waals surface area contributed by atoms with Crippen LogP contribution in [0.2, 0.25) is 0 Å². The Bertz CT molecular complexity index is 1130. The summed E-state index contributed by atoms with van der Waals surface area (Å²) in [7, 11) is -3.82. The monoisotopic (exact) mass is 401 g/mol. The maximum Gasteiger partial charge on any atom is 0.337 e. The highest BCUT2D eigenvalue weighted by molar-refractivity contribution is 7.93. The van der Waals surface area contributed by atoms with Gasteiger partial charge in [0, 0.05) is 5.39 Å². The fraction of sp³-hybridized carbons (Fsp3) is 0.263. The molecule has 0 saturated carbocycles. The fourth-order valence-electron chi connectivity index (χ4n) is 3.68. The molecule has 0 fully saturated rings. The predicted octanol–water partition coefficient (Wildman–Crippen LogP) is 1.87. The van der Waals surface area contributed by atoms with Crippen LogP contribution in [-0.4, -0.2) is 39.6 Å². The molecule has 0 bridgehead atoms. The van der Waals surface area contributed by atoms with Crippen molar-refractivity contribution in [1.82, 2.24) is 10.6 Å². The second-order valence-corrected chi connectivity index (χ2v) is 8.41. The van der Waals surface area contributed by atoms with Gasteiger partial charge in [0.1, 0.15) is 0 Å². The van der Waals surface area contributed by atoms with E-state index in [4.69, 9.17) is 4.74 Å². The van der Waals surface area contributed by atoms with Gasteiger partial charge in [-0.1, -0.05) is 24.3 Å². The Hall–Kier alpha value is -3.07. The van der Waals surface area contributed by atoms with E-state index >= 15 is 0 Å². The molecule has 0 aliphatic carbocycles. The van der Waals surface area contributed by atoms with E-state index in [-0.39, 0.29) is 29.3 Å². The van der Waals surface area contributed by atoms with Gasteiger partial charge >= 0.3 is 12.0 Å². The zero-order chi connectivity index (χ0) is 20.1. The summed E-state index contributed by atoms with van der Waals surface area (Å²) in [5.41, 5.74) is 0.937. The molecule has 1 unspecified atom stereocenters. The van der Waals surface area contributed by atoms with Crippen LogP contribution in [0, 0.1) is 0 Å². The van der Waals surface area contributed by atoms with Gasteiger partial charge in [-0.25, -0.2) is 18.0 Å². The van der Waals surface area contributed by atoms with E-state index in [1.807, 2.05) is 12.1 Å². The maximum absolute atomic E-state index is 13.2.